The van der Waals surface area contributed by atoms with Gasteiger partial charge in [0.2, 0.25) is 0 Å². The van der Waals surface area contributed by atoms with E-state index < -0.39 is 0 Å². The molecule has 0 saturated carbocycles. The average molecular weight is 351 g/mol. The molecule has 0 fully saturated rings. The molecule has 0 bridgehead atoms. The molecule has 0 amide bonds. The predicted octanol–water partition coefficient (Wildman–Crippen LogP) is 4.29. The standard InChI is InChI=1S/C15H13BrClN3/c1-10-3-2-4-12(18-10)9-20-14-6-5-11(16)7-13(14)19-15(20)8-17/h2-7H,8-9H2,1H3. The lowest BCUT2D eigenvalue weighted by Gasteiger charge is -2.08. The van der Waals surface area contributed by atoms with Gasteiger partial charge in [-0.1, -0.05) is 22.0 Å². The predicted molar refractivity (Wildman–Crippen MR) is 85.1 cm³/mol. The molecular weight excluding hydrogens is 338 g/mol. The highest BCUT2D eigenvalue weighted by Crippen LogP contribution is 2.22. The highest BCUT2D eigenvalue weighted by molar-refractivity contribution is 9.10. The number of aromatic nitrogens is 3. The third-order valence-corrected chi connectivity index (χ3v) is 3.91. The van der Waals surface area contributed by atoms with Crippen LogP contribution in [-0.4, -0.2) is 14.5 Å². The van der Waals surface area contributed by atoms with Crippen LogP contribution >= 0.6 is 27.5 Å². The molecule has 0 spiro atoms. The van der Waals surface area contributed by atoms with Crippen LogP contribution in [-0.2, 0) is 12.4 Å². The summed E-state index contributed by atoms with van der Waals surface area (Å²) in [5.74, 6) is 1.25. The smallest absolute Gasteiger partial charge is 0.125 e. The number of rotatable bonds is 3. The molecule has 0 aliphatic carbocycles. The summed E-state index contributed by atoms with van der Waals surface area (Å²) >= 11 is 9.50. The van der Waals surface area contributed by atoms with Crippen LogP contribution in [0.1, 0.15) is 17.2 Å². The molecular formula is C15H13BrClN3. The number of aryl methyl sites for hydroxylation is 1. The number of benzene rings is 1. The van der Waals surface area contributed by atoms with E-state index in [0.29, 0.717) is 12.4 Å². The minimum atomic E-state index is 0.387. The van der Waals surface area contributed by atoms with Crippen molar-refractivity contribution in [2.45, 2.75) is 19.3 Å². The molecule has 0 unspecified atom stereocenters. The van der Waals surface area contributed by atoms with Crippen molar-refractivity contribution in [3.8, 4) is 0 Å². The lowest BCUT2D eigenvalue weighted by atomic mass is 10.3. The Morgan fingerprint density at radius 3 is 2.80 bits per heavy atom. The summed E-state index contributed by atoms with van der Waals surface area (Å²) in [6.07, 6.45) is 0. The van der Waals surface area contributed by atoms with Gasteiger partial charge in [0.25, 0.3) is 0 Å². The molecule has 0 aliphatic heterocycles. The number of imidazole rings is 1. The Bertz CT molecular complexity index is 767. The molecule has 2 aromatic heterocycles. The minimum absolute atomic E-state index is 0.387. The molecule has 102 valence electrons. The summed E-state index contributed by atoms with van der Waals surface area (Å²) in [4.78, 5) is 9.13. The number of hydrogen-bond acceptors (Lipinski definition) is 2. The maximum Gasteiger partial charge on any atom is 0.125 e. The van der Waals surface area contributed by atoms with Crippen molar-refractivity contribution >= 4 is 38.6 Å². The number of hydrogen-bond donors (Lipinski definition) is 0. The van der Waals surface area contributed by atoms with Gasteiger partial charge in [-0.2, -0.15) is 0 Å². The first-order chi connectivity index (χ1) is 9.67. The number of alkyl halides is 1. The molecule has 3 aromatic rings. The fraction of sp³-hybridized carbons (Fsp3) is 0.200. The van der Waals surface area contributed by atoms with Crippen LogP contribution < -0.4 is 0 Å². The zero-order valence-corrected chi connectivity index (χ0v) is 13.3. The molecule has 0 atom stereocenters. The van der Waals surface area contributed by atoms with Gasteiger partial charge in [0.05, 0.1) is 29.2 Å². The SMILES string of the molecule is Cc1cccc(Cn2c(CCl)nc3cc(Br)ccc32)n1. The van der Waals surface area contributed by atoms with E-state index in [4.69, 9.17) is 11.6 Å². The topological polar surface area (TPSA) is 30.7 Å². The first-order valence-electron chi connectivity index (χ1n) is 6.30. The van der Waals surface area contributed by atoms with Gasteiger partial charge in [0.1, 0.15) is 5.82 Å². The second-order valence-corrected chi connectivity index (χ2v) is 5.83. The van der Waals surface area contributed by atoms with E-state index in [0.717, 1.165) is 32.7 Å². The van der Waals surface area contributed by atoms with Gasteiger partial charge in [-0.15, -0.1) is 11.6 Å². The van der Waals surface area contributed by atoms with Crippen LogP contribution in [0.5, 0.6) is 0 Å². The van der Waals surface area contributed by atoms with E-state index >= 15 is 0 Å². The third-order valence-electron chi connectivity index (χ3n) is 3.17. The van der Waals surface area contributed by atoms with Crippen LogP contribution in [0, 0.1) is 6.92 Å². The van der Waals surface area contributed by atoms with Crippen molar-refractivity contribution in [2.75, 3.05) is 0 Å². The minimum Gasteiger partial charge on any atom is -0.321 e. The first kappa shape index (κ1) is 13.6. The molecule has 0 N–H and O–H groups in total. The van der Waals surface area contributed by atoms with Gasteiger partial charge in [0.15, 0.2) is 0 Å². The van der Waals surface area contributed by atoms with Gasteiger partial charge < -0.3 is 4.57 Å². The number of halogens is 2. The van der Waals surface area contributed by atoms with Gasteiger partial charge in [0, 0.05) is 10.2 Å². The first-order valence-corrected chi connectivity index (χ1v) is 7.63. The highest BCUT2D eigenvalue weighted by atomic mass is 79.9. The van der Waals surface area contributed by atoms with Crippen molar-refractivity contribution in [2.24, 2.45) is 0 Å². The van der Waals surface area contributed by atoms with Gasteiger partial charge in [-0.05, 0) is 37.3 Å². The van der Waals surface area contributed by atoms with Gasteiger partial charge >= 0.3 is 0 Å². The number of fused-ring (bicyclic) bond motifs is 1. The number of pyridine rings is 1. The summed E-state index contributed by atoms with van der Waals surface area (Å²) in [7, 11) is 0. The fourth-order valence-corrected chi connectivity index (χ4v) is 2.83. The van der Waals surface area contributed by atoms with Crippen LogP contribution in [0.3, 0.4) is 0 Å². The Morgan fingerprint density at radius 1 is 1.20 bits per heavy atom. The quantitative estimate of drug-likeness (QED) is 0.660. The van der Waals surface area contributed by atoms with E-state index in [1.807, 2.05) is 37.3 Å². The summed E-state index contributed by atoms with van der Waals surface area (Å²) in [5, 5.41) is 0. The van der Waals surface area contributed by atoms with Crippen molar-refractivity contribution in [1.82, 2.24) is 14.5 Å². The lowest BCUT2D eigenvalue weighted by Crippen LogP contribution is -2.05. The fourth-order valence-electron chi connectivity index (χ4n) is 2.28. The maximum absolute atomic E-state index is 6.03. The zero-order valence-electron chi connectivity index (χ0n) is 11.0. The second kappa shape index (κ2) is 5.54. The monoisotopic (exact) mass is 349 g/mol. The van der Waals surface area contributed by atoms with E-state index in [9.17, 15) is 0 Å². The summed E-state index contributed by atoms with van der Waals surface area (Å²) in [5.41, 5.74) is 4.05. The van der Waals surface area contributed by atoms with Crippen LogP contribution in [0.15, 0.2) is 40.9 Å². The second-order valence-electron chi connectivity index (χ2n) is 4.65. The van der Waals surface area contributed by atoms with Crippen molar-refractivity contribution in [3.05, 3.63) is 58.1 Å². The summed E-state index contributed by atoms with van der Waals surface area (Å²) < 4.78 is 3.14. The van der Waals surface area contributed by atoms with E-state index in [1.54, 1.807) is 0 Å². The number of nitrogens with zero attached hydrogens (tertiary/aromatic N) is 3. The highest BCUT2D eigenvalue weighted by Gasteiger charge is 2.11. The van der Waals surface area contributed by atoms with E-state index in [2.05, 4.69) is 36.5 Å². The Morgan fingerprint density at radius 2 is 2.05 bits per heavy atom. The van der Waals surface area contributed by atoms with Crippen molar-refractivity contribution in [1.29, 1.82) is 0 Å². The Kier molecular flexibility index (Phi) is 3.76. The normalized spacial score (nSPS) is 11.2. The van der Waals surface area contributed by atoms with E-state index in [1.165, 1.54) is 0 Å². The largest absolute Gasteiger partial charge is 0.321 e. The van der Waals surface area contributed by atoms with Crippen LogP contribution in [0.25, 0.3) is 11.0 Å². The van der Waals surface area contributed by atoms with Crippen LogP contribution in [0.2, 0.25) is 0 Å². The van der Waals surface area contributed by atoms with Gasteiger partial charge in [-0.3, -0.25) is 4.98 Å². The molecule has 1 aromatic carbocycles. The molecule has 20 heavy (non-hydrogen) atoms. The maximum atomic E-state index is 6.03. The lowest BCUT2D eigenvalue weighted by molar-refractivity contribution is 0.755. The van der Waals surface area contributed by atoms with Gasteiger partial charge in [-0.25, -0.2) is 4.98 Å². The molecule has 5 heteroatoms. The molecule has 3 nitrogen and oxygen atoms in total. The molecule has 0 saturated heterocycles. The molecule has 3 rings (SSSR count). The average Bonchev–Trinajstić information content (AvgIpc) is 2.76. The van der Waals surface area contributed by atoms with Crippen molar-refractivity contribution < 1.29 is 0 Å². The summed E-state index contributed by atoms with van der Waals surface area (Å²) in [6, 6.07) is 12.1. The van der Waals surface area contributed by atoms with Crippen molar-refractivity contribution in [3.63, 3.8) is 0 Å². The summed E-state index contributed by atoms with van der Waals surface area (Å²) in [6.45, 7) is 2.68. The zero-order chi connectivity index (χ0) is 14.1. The molecule has 0 radical (unpaired) electrons. The molecule has 0 aliphatic rings. The Balaban J connectivity index is 2.10. The Hall–Kier alpha value is -1.39. The Labute approximate surface area is 130 Å². The molecule has 2 heterocycles. The van der Waals surface area contributed by atoms with Crippen LogP contribution in [0.4, 0.5) is 0 Å². The third kappa shape index (κ3) is 2.58. The van der Waals surface area contributed by atoms with E-state index in [-0.39, 0.29) is 0 Å².